The predicted molar refractivity (Wildman–Crippen MR) is 111 cm³/mol. The van der Waals surface area contributed by atoms with Crippen LogP contribution in [0, 0.1) is 6.92 Å². The van der Waals surface area contributed by atoms with Crippen molar-refractivity contribution in [2.24, 2.45) is 0 Å². The summed E-state index contributed by atoms with van der Waals surface area (Å²) in [4.78, 5) is 12.5. The maximum Gasteiger partial charge on any atom is 0.315 e. The molecule has 0 bridgehead atoms. The largest absolute Gasteiger partial charge is 0.497 e. The topological polar surface area (TPSA) is 87.7 Å². The van der Waals surface area contributed by atoms with E-state index >= 15 is 0 Å². The predicted octanol–water partition coefficient (Wildman–Crippen LogP) is 2.66. The Morgan fingerprint density at radius 1 is 1.14 bits per heavy atom. The first kappa shape index (κ1) is 21.1. The van der Waals surface area contributed by atoms with Crippen LogP contribution in [0.4, 0.5) is 4.79 Å². The van der Waals surface area contributed by atoms with Crippen molar-refractivity contribution in [3.05, 3.63) is 59.7 Å². The molecule has 1 aliphatic rings. The van der Waals surface area contributed by atoms with Crippen molar-refractivity contribution in [1.29, 1.82) is 0 Å². The average Bonchev–Trinajstić information content (AvgIpc) is 2.73. The van der Waals surface area contributed by atoms with Crippen molar-refractivity contribution < 1.29 is 17.9 Å². The van der Waals surface area contributed by atoms with E-state index in [1.54, 1.807) is 31.4 Å². The van der Waals surface area contributed by atoms with Crippen LogP contribution in [0.15, 0.2) is 53.4 Å². The number of amides is 2. The number of methoxy groups -OCH3 is 1. The Balaban J connectivity index is 1.54. The van der Waals surface area contributed by atoms with Gasteiger partial charge in [-0.25, -0.2) is 13.2 Å². The molecule has 0 aromatic heterocycles. The van der Waals surface area contributed by atoms with Gasteiger partial charge in [0.2, 0.25) is 10.0 Å². The summed E-state index contributed by atoms with van der Waals surface area (Å²) in [6, 6.07) is 13.8. The van der Waals surface area contributed by atoms with Crippen LogP contribution in [0.1, 0.15) is 24.0 Å². The molecule has 1 saturated heterocycles. The lowest BCUT2D eigenvalue weighted by molar-refractivity contribution is 0.225. The van der Waals surface area contributed by atoms with E-state index in [0.29, 0.717) is 19.5 Å². The van der Waals surface area contributed by atoms with E-state index in [9.17, 15) is 13.2 Å². The zero-order chi connectivity index (χ0) is 20.9. The fourth-order valence-corrected chi connectivity index (χ4v) is 4.82. The zero-order valence-corrected chi connectivity index (χ0v) is 17.5. The number of nitrogens with one attached hydrogen (secondary N) is 2. The summed E-state index contributed by atoms with van der Waals surface area (Å²) in [6.07, 6.45) is 1.45. The summed E-state index contributed by atoms with van der Waals surface area (Å²) in [5.74, 6) is 0.760. The van der Waals surface area contributed by atoms with Gasteiger partial charge < -0.3 is 15.4 Å². The molecule has 0 unspecified atom stereocenters. The van der Waals surface area contributed by atoms with E-state index in [-0.39, 0.29) is 23.5 Å². The summed E-state index contributed by atoms with van der Waals surface area (Å²) in [7, 11) is -1.96. The van der Waals surface area contributed by atoms with E-state index in [1.165, 1.54) is 4.31 Å². The summed E-state index contributed by atoms with van der Waals surface area (Å²) in [6.45, 7) is 3.03. The lowest BCUT2D eigenvalue weighted by Gasteiger charge is -2.32. The van der Waals surface area contributed by atoms with Gasteiger partial charge in [-0.1, -0.05) is 29.8 Å². The molecule has 0 radical (unpaired) electrons. The number of benzene rings is 2. The smallest absolute Gasteiger partial charge is 0.315 e. The van der Waals surface area contributed by atoms with Crippen LogP contribution in [0.2, 0.25) is 0 Å². The molecular formula is C21H27N3O4S. The molecular weight excluding hydrogens is 390 g/mol. The number of carbonyl (C=O) groups excluding carboxylic acids is 1. The molecule has 8 heteroatoms. The number of ether oxygens (including phenoxy) is 1. The van der Waals surface area contributed by atoms with Crippen LogP contribution in [-0.4, -0.2) is 45.0 Å². The van der Waals surface area contributed by atoms with Crippen LogP contribution >= 0.6 is 0 Å². The van der Waals surface area contributed by atoms with Gasteiger partial charge in [0.1, 0.15) is 5.75 Å². The first-order valence-electron chi connectivity index (χ1n) is 9.62. The minimum atomic E-state index is -3.56. The van der Waals surface area contributed by atoms with E-state index in [1.807, 2.05) is 31.2 Å². The summed E-state index contributed by atoms with van der Waals surface area (Å²) in [5, 5.41) is 5.71. The molecule has 0 spiro atoms. The molecule has 2 amide bonds. The maximum atomic E-state index is 12.9. The van der Waals surface area contributed by atoms with E-state index in [2.05, 4.69) is 10.6 Å². The van der Waals surface area contributed by atoms with Crippen LogP contribution in [0.3, 0.4) is 0 Å². The van der Waals surface area contributed by atoms with Gasteiger partial charge in [0.25, 0.3) is 0 Å². The number of carbonyl (C=O) groups is 1. The van der Waals surface area contributed by atoms with Gasteiger partial charge in [0.05, 0.1) is 12.0 Å². The second kappa shape index (κ2) is 9.28. The Morgan fingerprint density at radius 2 is 1.83 bits per heavy atom. The lowest BCUT2D eigenvalue weighted by Crippen LogP contribution is -2.51. The van der Waals surface area contributed by atoms with Gasteiger partial charge >= 0.3 is 6.03 Å². The number of piperidine rings is 1. The number of sulfonamides is 1. The summed E-state index contributed by atoms with van der Waals surface area (Å²) in [5.41, 5.74) is 1.96. The monoisotopic (exact) mass is 417 g/mol. The molecule has 1 fully saturated rings. The van der Waals surface area contributed by atoms with E-state index in [4.69, 9.17) is 4.74 Å². The molecule has 7 nitrogen and oxygen atoms in total. The van der Waals surface area contributed by atoms with Gasteiger partial charge in [0, 0.05) is 25.7 Å². The quantitative estimate of drug-likeness (QED) is 0.756. The second-order valence-corrected chi connectivity index (χ2v) is 9.13. The molecule has 2 N–H and O–H groups in total. The fourth-order valence-electron chi connectivity index (χ4n) is 3.30. The van der Waals surface area contributed by atoms with Crippen LogP contribution in [0.25, 0.3) is 0 Å². The molecule has 2 aromatic carbocycles. The molecule has 0 aliphatic carbocycles. The van der Waals surface area contributed by atoms with Crippen LogP contribution in [0.5, 0.6) is 5.75 Å². The van der Waals surface area contributed by atoms with Gasteiger partial charge in [0.15, 0.2) is 0 Å². The highest BCUT2D eigenvalue weighted by atomic mass is 32.2. The van der Waals surface area contributed by atoms with E-state index in [0.717, 1.165) is 23.3 Å². The minimum Gasteiger partial charge on any atom is -0.497 e. The number of urea groups is 1. The number of rotatable bonds is 6. The number of hydrogen-bond donors (Lipinski definition) is 2. The highest BCUT2D eigenvalue weighted by Crippen LogP contribution is 2.21. The van der Waals surface area contributed by atoms with Gasteiger partial charge in [-0.15, -0.1) is 0 Å². The normalized spacial score (nSPS) is 17.5. The SMILES string of the molecule is COc1ccc(CNC(=O)N[C@@H]2CCCN(S(=O)(=O)c3ccc(C)cc3)C2)cc1. The molecule has 1 heterocycles. The van der Waals surface area contributed by atoms with Crippen molar-refractivity contribution in [3.63, 3.8) is 0 Å². The molecule has 3 rings (SSSR count). The fraction of sp³-hybridized carbons (Fsp3) is 0.381. The molecule has 2 aromatic rings. The third-order valence-electron chi connectivity index (χ3n) is 4.99. The summed E-state index contributed by atoms with van der Waals surface area (Å²) >= 11 is 0. The van der Waals surface area contributed by atoms with Gasteiger partial charge in [-0.05, 0) is 49.6 Å². The maximum absolute atomic E-state index is 12.9. The van der Waals surface area contributed by atoms with Gasteiger partial charge in [-0.3, -0.25) is 0 Å². The molecule has 1 aliphatic heterocycles. The highest BCUT2D eigenvalue weighted by molar-refractivity contribution is 7.89. The molecule has 156 valence electrons. The first-order valence-corrected chi connectivity index (χ1v) is 11.1. The Labute approximate surface area is 172 Å². The third kappa shape index (κ3) is 5.48. The van der Waals surface area contributed by atoms with Crippen molar-refractivity contribution in [3.8, 4) is 5.75 Å². The molecule has 1 atom stereocenters. The highest BCUT2D eigenvalue weighted by Gasteiger charge is 2.30. The van der Waals surface area contributed by atoms with Crippen molar-refractivity contribution >= 4 is 16.1 Å². The van der Waals surface area contributed by atoms with Crippen molar-refractivity contribution in [2.45, 2.75) is 37.2 Å². The number of nitrogens with zero attached hydrogens (tertiary/aromatic N) is 1. The van der Waals surface area contributed by atoms with E-state index < -0.39 is 10.0 Å². The van der Waals surface area contributed by atoms with Crippen LogP contribution < -0.4 is 15.4 Å². The Kier molecular flexibility index (Phi) is 6.76. The van der Waals surface area contributed by atoms with Crippen molar-refractivity contribution in [1.82, 2.24) is 14.9 Å². The van der Waals surface area contributed by atoms with Gasteiger partial charge in [-0.2, -0.15) is 4.31 Å². The minimum absolute atomic E-state index is 0.222. The zero-order valence-electron chi connectivity index (χ0n) is 16.7. The molecule has 0 saturated carbocycles. The Hall–Kier alpha value is -2.58. The Bertz CT molecular complexity index is 927. The number of hydrogen-bond acceptors (Lipinski definition) is 4. The standard InChI is InChI=1S/C21H27N3O4S/c1-16-5-11-20(12-6-16)29(26,27)24-13-3-4-18(15-24)23-21(25)22-14-17-7-9-19(28-2)10-8-17/h5-12,18H,3-4,13-15H2,1-2H3,(H2,22,23,25)/t18-/m1/s1. The van der Waals surface area contributed by atoms with Crippen molar-refractivity contribution in [2.75, 3.05) is 20.2 Å². The lowest BCUT2D eigenvalue weighted by atomic mass is 10.1. The first-order chi connectivity index (χ1) is 13.9. The molecule has 29 heavy (non-hydrogen) atoms. The average molecular weight is 418 g/mol. The summed E-state index contributed by atoms with van der Waals surface area (Å²) < 4.78 is 32.3. The Morgan fingerprint density at radius 3 is 2.48 bits per heavy atom. The third-order valence-corrected chi connectivity index (χ3v) is 6.87. The second-order valence-electron chi connectivity index (χ2n) is 7.19. The van der Waals surface area contributed by atoms with Crippen LogP contribution in [-0.2, 0) is 16.6 Å². The number of aryl methyl sites for hydroxylation is 1.